The zero-order chi connectivity index (χ0) is 12.2. The maximum Gasteiger partial charge on any atom is 0.217 e. The van der Waals surface area contributed by atoms with Crippen LogP contribution in [0, 0.1) is 6.92 Å². The molecular formula is C9H16N2O4S. The summed E-state index contributed by atoms with van der Waals surface area (Å²) in [4.78, 5) is 0. The van der Waals surface area contributed by atoms with Crippen LogP contribution in [0.15, 0.2) is 10.6 Å². The molecule has 0 saturated carbocycles. The first kappa shape index (κ1) is 13.1. The summed E-state index contributed by atoms with van der Waals surface area (Å²) in [6.45, 7) is 3.27. The summed E-state index contributed by atoms with van der Waals surface area (Å²) in [7, 11) is -3.48. The summed E-state index contributed by atoms with van der Waals surface area (Å²) in [5.74, 6) is 0.334. The molecule has 1 heterocycles. The number of nitrogens with zero attached hydrogens (tertiary/aromatic N) is 1. The minimum absolute atomic E-state index is 0.215. The summed E-state index contributed by atoms with van der Waals surface area (Å²) in [5.41, 5.74) is 0.359. The molecule has 0 aliphatic carbocycles. The molecular weight excluding hydrogens is 232 g/mol. The van der Waals surface area contributed by atoms with Crippen molar-refractivity contribution in [2.45, 2.75) is 32.1 Å². The molecule has 0 aromatic carbocycles. The van der Waals surface area contributed by atoms with Gasteiger partial charge in [-0.1, -0.05) is 12.1 Å². The van der Waals surface area contributed by atoms with Crippen LogP contribution < -0.4 is 4.72 Å². The summed E-state index contributed by atoms with van der Waals surface area (Å²) >= 11 is 0. The third kappa shape index (κ3) is 3.92. The van der Waals surface area contributed by atoms with Crippen LogP contribution in [0.1, 0.15) is 24.8 Å². The van der Waals surface area contributed by atoms with Crippen LogP contribution in [0.4, 0.5) is 0 Å². The third-order valence-electron chi connectivity index (χ3n) is 2.07. The van der Waals surface area contributed by atoms with Crippen molar-refractivity contribution in [2.24, 2.45) is 0 Å². The van der Waals surface area contributed by atoms with Crippen LogP contribution in [-0.4, -0.2) is 31.3 Å². The Bertz CT molecular complexity index is 422. The van der Waals surface area contributed by atoms with E-state index in [0.29, 0.717) is 17.9 Å². The topological polar surface area (TPSA) is 92.4 Å². The molecule has 1 atom stereocenters. The number of aliphatic hydroxyl groups is 1. The molecule has 0 aliphatic rings. The van der Waals surface area contributed by atoms with Gasteiger partial charge in [-0.2, -0.15) is 0 Å². The number of hydrogen-bond acceptors (Lipinski definition) is 5. The Balaban J connectivity index is 2.65. The van der Waals surface area contributed by atoms with Gasteiger partial charge in [0.05, 0.1) is 6.61 Å². The van der Waals surface area contributed by atoms with Crippen LogP contribution in [-0.2, 0) is 15.8 Å². The van der Waals surface area contributed by atoms with Crippen molar-refractivity contribution in [3.63, 3.8) is 0 Å². The molecule has 0 spiro atoms. The van der Waals surface area contributed by atoms with Gasteiger partial charge in [-0.3, -0.25) is 0 Å². The van der Waals surface area contributed by atoms with Crippen molar-refractivity contribution in [3.8, 4) is 0 Å². The van der Waals surface area contributed by atoms with Gasteiger partial charge in [-0.05, 0) is 13.3 Å². The van der Waals surface area contributed by atoms with Crippen LogP contribution in [0.2, 0.25) is 0 Å². The van der Waals surface area contributed by atoms with E-state index >= 15 is 0 Å². The average Bonchev–Trinajstić information content (AvgIpc) is 2.59. The number of nitrogens with one attached hydrogen (secondary N) is 1. The normalized spacial score (nSPS) is 13.9. The van der Waals surface area contributed by atoms with Crippen molar-refractivity contribution in [1.82, 2.24) is 9.88 Å². The fraction of sp³-hybridized carbons (Fsp3) is 0.667. The Morgan fingerprint density at radius 2 is 2.31 bits per heavy atom. The molecule has 0 amide bonds. The molecule has 0 unspecified atom stereocenters. The van der Waals surface area contributed by atoms with Gasteiger partial charge in [-0.25, -0.2) is 13.1 Å². The summed E-state index contributed by atoms with van der Waals surface area (Å²) in [6, 6.07) is 1.12. The lowest BCUT2D eigenvalue weighted by Gasteiger charge is -2.13. The first-order valence-electron chi connectivity index (χ1n) is 5.00. The zero-order valence-corrected chi connectivity index (χ0v) is 10.1. The van der Waals surface area contributed by atoms with Crippen LogP contribution in [0.5, 0.6) is 0 Å². The first-order chi connectivity index (χ1) is 7.46. The van der Waals surface area contributed by atoms with Gasteiger partial charge in [0.15, 0.2) is 0 Å². The molecule has 1 rings (SSSR count). The lowest BCUT2D eigenvalue weighted by atomic mass is 10.3. The van der Waals surface area contributed by atoms with E-state index in [0.717, 1.165) is 0 Å². The predicted molar refractivity (Wildman–Crippen MR) is 58.2 cm³/mol. The van der Waals surface area contributed by atoms with E-state index in [4.69, 9.17) is 9.63 Å². The fourth-order valence-electron chi connectivity index (χ4n) is 1.23. The Labute approximate surface area is 94.7 Å². The SMILES string of the molecule is CC[C@H](CO)NS(=O)(=O)Cc1cc(C)on1. The molecule has 0 aliphatic heterocycles. The van der Waals surface area contributed by atoms with Gasteiger partial charge in [0, 0.05) is 12.1 Å². The second-order valence-electron chi connectivity index (χ2n) is 3.59. The predicted octanol–water partition coefficient (Wildman–Crippen LogP) is 0.173. The van der Waals surface area contributed by atoms with Crippen LogP contribution in [0.3, 0.4) is 0 Å². The van der Waals surface area contributed by atoms with E-state index in [1.807, 2.05) is 0 Å². The smallest absolute Gasteiger partial charge is 0.217 e. The molecule has 0 radical (unpaired) electrons. The molecule has 7 heteroatoms. The maximum atomic E-state index is 11.6. The lowest BCUT2D eigenvalue weighted by Crippen LogP contribution is -2.37. The summed E-state index contributed by atoms with van der Waals surface area (Å²) in [6.07, 6.45) is 0.535. The van der Waals surface area contributed by atoms with Crippen molar-refractivity contribution in [2.75, 3.05) is 6.61 Å². The highest BCUT2D eigenvalue weighted by molar-refractivity contribution is 7.88. The third-order valence-corrected chi connectivity index (χ3v) is 3.44. The number of aryl methyl sites for hydroxylation is 1. The quantitative estimate of drug-likeness (QED) is 0.748. The number of rotatable bonds is 6. The Morgan fingerprint density at radius 3 is 2.75 bits per heavy atom. The molecule has 1 aromatic heterocycles. The Kier molecular flexibility index (Phi) is 4.45. The van der Waals surface area contributed by atoms with Crippen LogP contribution in [0.25, 0.3) is 0 Å². The molecule has 6 nitrogen and oxygen atoms in total. The van der Waals surface area contributed by atoms with E-state index in [-0.39, 0.29) is 12.4 Å². The zero-order valence-electron chi connectivity index (χ0n) is 9.30. The summed E-state index contributed by atoms with van der Waals surface area (Å²) in [5, 5.41) is 12.5. The molecule has 16 heavy (non-hydrogen) atoms. The highest BCUT2D eigenvalue weighted by Crippen LogP contribution is 2.06. The van der Waals surface area contributed by atoms with Gasteiger partial charge in [0.2, 0.25) is 10.0 Å². The van der Waals surface area contributed by atoms with Crippen molar-refractivity contribution in [1.29, 1.82) is 0 Å². The standard InChI is InChI=1S/C9H16N2O4S/c1-3-8(5-12)11-16(13,14)6-9-4-7(2)15-10-9/h4,8,11-12H,3,5-6H2,1-2H3/t8-/m1/s1. The van der Waals surface area contributed by atoms with Gasteiger partial charge < -0.3 is 9.63 Å². The molecule has 92 valence electrons. The van der Waals surface area contributed by atoms with E-state index < -0.39 is 16.1 Å². The second-order valence-corrected chi connectivity index (χ2v) is 5.35. The van der Waals surface area contributed by atoms with Gasteiger partial charge in [0.25, 0.3) is 0 Å². The van der Waals surface area contributed by atoms with E-state index in [2.05, 4.69) is 9.88 Å². The molecule has 0 saturated heterocycles. The Hall–Kier alpha value is -0.920. The number of sulfonamides is 1. The number of hydrogen-bond donors (Lipinski definition) is 2. The minimum Gasteiger partial charge on any atom is -0.395 e. The average molecular weight is 248 g/mol. The largest absolute Gasteiger partial charge is 0.395 e. The minimum atomic E-state index is -3.48. The Morgan fingerprint density at radius 1 is 1.62 bits per heavy atom. The second kappa shape index (κ2) is 5.42. The van der Waals surface area contributed by atoms with Gasteiger partial charge in [0.1, 0.15) is 17.2 Å². The van der Waals surface area contributed by atoms with Crippen molar-refractivity contribution < 1.29 is 18.0 Å². The van der Waals surface area contributed by atoms with Crippen molar-refractivity contribution >= 4 is 10.0 Å². The van der Waals surface area contributed by atoms with E-state index in [9.17, 15) is 8.42 Å². The maximum absolute atomic E-state index is 11.6. The number of aliphatic hydroxyl groups excluding tert-OH is 1. The molecule has 0 bridgehead atoms. The fourth-order valence-corrected chi connectivity index (χ4v) is 2.58. The number of aromatic nitrogens is 1. The van der Waals surface area contributed by atoms with E-state index in [1.165, 1.54) is 0 Å². The molecule has 0 fully saturated rings. The van der Waals surface area contributed by atoms with Gasteiger partial charge in [-0.15, -0.1) is 0 Å². The van der Waals surface area contributed by atoms with Crippen molar-refractivity contribution in [3.05, 3.63) is 17.5 Å². The first-order valence-corrected chi connectivity index (χ1v) is 6.65. The lowest BCUT2D eigenvalue weighted by molar-refractivity contribution is 0.253. The molecule has 2 N–H and O–H groups in total. The van der Waals surface area contributed by atoms with E-state index in [1.54, 1.807) is 19.9 Å². The molecule has 1 aromatic rings. The monoisotopic (exact) mass is 248 g/mol. The summed E-state index contributed by atoms with van der Waals surface area (Å²) < 4.78 is 30.4. The van der Waals surface area contributed by atoms with Crippen LogP contribution >= 0.6 is 0 Å². The highest BCUT2D eigenvalue weighted by Gasteiger charge is 2.18. The van der Waals surface area contributed by atoms with Gasteiger partial charge >= 0.3 is 0 Å². The highest BCUT2D eigenvalue weighted by atomic mass is 32.2.